The highest BCUT2D eigenvalue weighted by molar-refractivity contribution is 5.99. The number of carbonyl (C=O) groups is 2. The predicted molar refractivity (Wildman–Crippen MR) is 122 cm³/mol. The number of anilines is 2. The minimum absolute atomic E-state index is 0.00797. The Hall–Kier alpha value is -4.13. The van der Waals surface area contributed by atoms with Crippen LogP contribution in [0.25, 0.3) is 0 Å². The van der Waals surface area contributed by atoms with Crippen molar-refractivity contribution in [3.8, 4) is 0 Å². The lowest BCUT2D eigenvalue weighted by molar-refractivity contribution is -0.137. The van der Waals surface area contributed by atoms with Gasteiger partial charge in [0.1, 0.15) is 5.82 Å². The van der Waals surface area contributed by atoms with E-state index in [4.69, 9.17) is 4.74 Å². The molecule has 1 atom stereocenters. The zero-order valence-electron chi connectivity index (χ0n) is 19.2. The highest BCUT2D eigenvalue weighted by Gasteiger charge is 2.44. The molecule has 0 aliphatic carbocycles. The van der Waals surface area contributed by atoms with E-state index in [1.165, 1.54) is 24.5 Å². The van der Waals surface area contributed by atoms with E-state index < -0.39 is 40.2 Å². The number of nitrogens with zero attached hydrogens (tertiary/aromatic N) is 2. The first kappa shape index (κ1) is 25.9. The summed E-state index contributed by atoms with van der Waals surface area (Å²) in [4.78, 5) is 41.3. The van der Waals surface area contributed by atoms with E-state index >= 15 is 0 Å². The maximum Gasteiger partial charge on any atom is 0.418 e. The largest absolute Gasteiger partial charge is 0.418 e. The third-order valence-electron chi connectivity index (χ3n) is 5.89. The fraction of sp³-hybridized carbons (Fsp3) is 0.292. The summed E-state index contributed by atoms with van der Waals surface area (Å²) in [5.74, 6) is -1.86. The van der Waals surface area contributed by atoms with Gasteiger partial charge in [-0.2, -0.15) is 18.3 Å². The molecular formula is C24H21F4N5O4. The number of ether oxygens (including phenoxy) is 1. The summed E-state index contributed by atoms with van der Waals surface area (Å²) >= 11 is 0. The third kappa shape index (κ3) is 6.17. The van der Waals surface area contributed by atoms with Crippen molar-refractivity contribution in [2.24, 2.45) is 5.41 Å². The number of nitrogens with one attached hydrogen (secondary N) is 3. The molecule has 1 amide bonds. The van der Waals surface area contributed by atoms with E-state index in [0.717, 1.165) is 18.2 Å². The molecule has 37 heavy (non-hydrogen) atoms. The molecule has 1 fully saturated rings. The molecule has 0 bridgehead atoms. The summed E-state index contributed by atoms with van der Waals surface area (Å²) in [6.07, 6.45) is -2.14. The van der Waals surface area contributed by atoms with Crippen LogP contribution in [0.3, 0.4) is 0 Å². The molecule has 0 spiro atoms. The van der Waals surface area contributed by atoms with Gasteiger partial charge in [0.05, 0.1) is 53.6 Å². The van der Waals surface area contributed by atoms with Crippen LogP contribution in [0.15, 0.2) is 53.6 Å². The molecule has 1 aliphatic heterocycles. The topological polar surface area (TPSA) is 126 Å². The Kier molecular flexibility index (Phi) is 7.34. The minimum Gasteiger partial charge on any atom is -0.380 e. The van der Waals surface area contributed by atoms with E-state index in [0.29, 0.717) is 18.2 Å². The van der Waals surface area contributed by atoms with Gasteiger partial charge in [-0.25, -0.2) is 9.49 Å². The first-order valence-corrected chi connectivity index (χ1v) is 11.1. The normalized spacial score (nSPS) is 17.4. The van der Waals surface area contributed by atoms with Crippen molar-refractivity contribution in [1.82, 2.24) is 20.5 Å². The lowest BCUT2D eigenvalue weighted by Gasteiger charge is -2.25. The number of Topliss-reactive ketones (excluding diaryl/α,β-unsaturated/α-hetero) is 1. The second kappa shape index (κ2) is 10.5. The Bertz CT molecular complexity index is 1350. The fourth-order valence-corrected chi connectivity index (χ4v) is 3.92. The summed E-state index contributed by atoms with van der Waals surface area (Å²) in [5.41, 5.74) is -2.43. The van der Waals surface area contributed by atoms with Crippen LogP contribution < -0.4 is 16.2 Å². The smallest absolute Gasteiger partial charge is 0.380 e. The van der Waals surface area contributed by atoms with Gasteiger partial charge in [-0.05, 0) is 36.8 Å². The maximum absolute atomic E-state index is 13.3. The van der Waals surface area contributed by atoms with Gasteiger partial charge in [-0.1, -0.05) is 0 Å². The number of amides is 1. The molecule has 194 valence electrons. The molecule has 1 saturated heterocycles. The molecular weight excluding hydrogens is 498 g/mol. The van der Waals surface area contributed by atoms with Gasteiger partial charge in [0.15, 0.2) is 5.78 Å². The number of carbonyl (C=O) groups excluding carboxylic acids is 2. The fourth-order valence-electron chi connectivity index (χ4n) is 3.92. The monoisotopic (exact) mass is 519 g/mol. The van der Waals surface area contributed by atoms with Gasteiger partial charge >= 0.3 is 6.18 Å². The Morgan fingerprint density at radius 2 is 1.95 bits per heavy atom. The van der Waals surface area contributed by atoms with Gasteiger partial charge in [0.25, 0.3) is 5.56 Å². The van der Waals surface area contributed by atoms with E-state index in [1.54, 1.807) is 0 Å². The maximum atomic E-state index is 13.3. The van der Waals surface area contributed by atoms with Crippen LogP contribution >= 0.6 is 0 Å². The number of aromatic nitrogens is 3. The number of benzene rings is 1. The van der Waals surface area contributed by atoms with Crippen LogP contribution in [0.4, 0.5) is 28.9 Å². The van der Waals surface area contributed by atoms with Crippen LogP contribution in [0, 0.1) is 11.2 Å². The number of pyridine rings is 1. The highest BCUT2D eigenvalue weighted by Crippen LogP contribution is 2.37. The average molecular weight is 519 g/mol. The number of hydrogen-bond acceptors (Lipinski definition) is 7. The molecule has 0 radical (unpaired) electrons. The van der Waals surface area contributed by atoms with E-state index in [1.807, 2.05) is 0 Å². The number of alkyl halides is 3. The molecule has 0 saturated carbocycles. The van der Waals surface area contributed by atoms with Crippen molar-refractivity contribution in [2.75, 3.05) is 18.5 Å². The summed E-state index contributed by atoms with van der Waals surface area (Å²) < 4.78 is 58.3. The summed E-state index contributed by atoms with van der Waals surface area (Å²) in [7, 11) is 0. The standard InChI is InChI=1S/C24H21F4N5O4/c25-15-1-4-19(18(8-15)24(26,27)28)32-17-3-2-16(29-12-17)11-30-22(36)23(5-6-37-13-23)9-20(34)14-7-21(35)33-31-10-14/h1-4,7-8,10,12,32H,5-6,9,11,13H2,(H,30,36)(H,33,35)/t23-/m0/s1. The van der Waals surface area contributed by atoms with Crippen LogP contribution in [-0.2, 0) is 22.3 Å². The van der Waals surface area contributed by atoms with Crippen LogP contribution in [0.5, 0.6) is 0 Å². The van der Waals surface area contributed by atoms with Crippen molar-refractivity contribution in [3.63, 3.8) is 0 Å². The first-order chi connectivity index (χ1) is 17.6. The molecule has 13 heteroatoms. The second-order valence-electron chi connectivity index (χ2n) is 8.55. The van der Waals surface area contributed by atoms with Gasteiger partial charge in [-0.3, -0.25) is 19.4 Å². The summed E-state index contributed by atoms with van der Waals surface area (Å²) in [5, 5.41) is 11.1. The number of rotatable bonds is 8. The molecule has 3 heterocycles. The number of aromatic amines is 1. The first-order valence-electron chi connectivity index (χ1n) is 11.1. The van der Waals surface area contributed by atoms with E-state index in [9.17, 15) is 31.9 Å². The molecule has 4 rings (SSSR count). The predicted octanol–water partition coefficient (Wildman–Crippen LogP) is 3.36. The van der Waals surface area contributed by atoms with Crippen molar-refractivity contribution in [1.29, 1.82) is 0 Å². The minimum atomic E-state index is -4.75. The number of H-pyrrole nitrogens is 1. The van der Waals surface area contributed by atoms with Crippen molar-refractivity contribution in [2.45, 2.75) is 25.6 Å². The zero-order valence-corrected chi connectivity index (χ0v) is 19.2. The molecule has 3 N–H and O–H groups in total. The quantitative estimate of drug-likeness (QED) is 0.308. The van der Waals surface area contributed by atoms with Crippen LogP contribution in [0.2, 0.25) is 0 Å². The summed E-state index contributed by atoms with van der Waals surface area (Å²) in [6, 6.07) is 6.38. The van der Waals surface area contributed by atoms with Gasteiger partial charge in [-0.15, -0.1) is 0 Å². The van der Waals surface area contributed by atoms with Crippen molar-refractivity contribution >= 4 is 23.1 Å². The zero-order chi connectivity index (χ0) is 26.6. The van der Waals surface area contributed by atoms with E-state index in [-0.39, 0.29) is 43.1 Å². The highest BCUT2D eigenvalue weighted by atomic mass is 19.4. The molecule has 2 aromatic heterocycles. The van der Waals surface area contributed by atoms with Gasteiger partial charge < -0.3 is 15.4 Å². The average Bonchev–Trinajstić information content (AvgIpc) is 3.33. The number of ketones is 1. The second-order valence-corrected chi connectivity index (χ2v) is 8.55. The van der Waals surface area contributed by atoms with Crippen molar-refractivity contribution in [3.05, 3.63) is 81.8 Å². The lowest BCUT2D eigenvalue weighted by atomic mass is 9.80. The molecule has 1 aliphatic rings. The lowest BCUT2D eigenvalue weighted by Crippen LogP contribution is -2.43. The van der Waals surface area contributed by atoms with Crippen molar-refractivity contribution < 1.29 is 31.9 Å². The molecule has 0 unspecified atom stereocenters. The molecule has 1 aromatic carbocycles. The SMILES string of the molecule is O=C(C[C@@]1(C(=O)NCc2ccc(Nc3ccc(F)cc3C(F)(F)F)cn2)CCOC1)c1cn[nH]c(=O)c1. The third-order valence-corrected chi connectivity index (χ3v) is 5.89. The van der Waals surface area contributed by atoms with Crippen LogP contribution in [0.1, 0.15) is 34.5 Å². The Labute approximate surface area is 207 Å². The van der Waals surface area contributed by atoms with Crippen LogP contribution in [-0.4, -0.2) is 40.1 Å². The molecule has 9 nitrogen and oxygen atoms in total. The number of hydrogen-bond donors (Lipinski definition) is 3. The van der Waals surface area contributed by atoms with E-state index in [2.05, 4.69) is 25.8 Å². The number of halogens is 4. The van der Waals surface area contributed by atoms with Gasteiger partial charge in [0, 0.05) is 24.7 Å². The molecule has 3 aromatic rings. The van der Waals surface area contributed by atoms with Gasteiger partial charge in [0.2, 0.25) is 5.91 Å². The Morgan fingerprint density at radius 3 is 2.59 bits per heavy atom. The Balaban J connectivity index is 1.40. The Morgan fingerprint density at radius 1 is 1.14 bits per heavy atom. The summed E-state index contributed by atoms with van der Waals surface area (Å²) in [6.45, 7) is 0.304.